The van der Waals surface area contributed by atoms with E-state index >= 15 is 0 Å². The van der Waals surface area contributed by atoms with Crippen LogP contribution in [0.4, 0.5) is 0 Å². The fourth-order valence-electron chi connectivity index (χ4n) is 4.22. The van der Waals surface area contributed by atoms with E-state index in [1.165, 1.54) is 19.3 Å². The van der Waals surface area contributed by atoms with Crippen LogP contribution in [-0.4, -0.2) is 11.9 Å². The molecule has 1 aliphatic carbocycles. The van der Waals surface area contributed by atoms with Crippen molar-refractivity contribution in [3.63, 3.8) is 0 Å². The highest BCUT2D eigenvalue weighted by Crippen LogP contribution is 2.46. The summed E-state index contributed by atoms with van der Waals surface area (Å²) in [5.74, 6) is 1.78. The van der Waals surface area contributed by atoms with Gasteiger partial charge in [0.2, 0.25) is 5.91 Å². The second-order valence-corrected chi connectivity index (χ2v) is 8.23. The van der Waals surface area contributed by atoms with Crippen LogP contribution in [0.3, 0.4) is 0 Å². The molecule has 1 saturated heterocycles. The maximum absolute atomic E-state index is 12.4. The monoisotopic (exact) mass is 265 g/mol. The normalized spacial score (nSPS) is 39.6. The number of carbonyl (C=O) groups excluding carboxylic acids is 1. The summed E-state index contributed by atoms with van der Waals surface area (Å²) in [7, 11) is 0. The number of fused-ring (bicyclic) bond motifs is 1. The van der Waals surface area contributed by atoms with Crippen molar-refractivity contribution in [2.45, 2.75) is 79.2 Å². The van der Waals surface area contributed by atoms with Crippen LogP contribution in [-0.2, 0) is 4.79 Å². The number of rotatable bonds is 2. The number of hydrogen-bond donors (Lipinski definition) is 1. The van der Waals surface area contributed by atoms with Crippen molar-refractivity contribution in [1.82, 2.24) is 5.32 Å². The van der Waals surface area contributed by atoms with Gasteiger partial charge in [0.25, 0.3) is 0 Å². The predicted octanol–water partition coefficient (Wildman–Crippen LogP) is 4.14. The van der Waals surface area contributed by atoms with Gasteiger partial charge in [-0.3, -0.25) is 4.79 Å². The average Bonchev–Trinajstić information content (AvgIpc) is 2.29. The van der Waals surface area contributed by atoms with Crippen LogP contribution in [0.1, 0.15) is 73.1 Å². The van der Waals surface area contributed by atoms with Crippen LogP contribution >= 0.6 is 0 Å². The topological polar surface area (TPSA) is 29.1 Å². The van der Waals surface area contributed by atoms with Crippen molar-refractivity contribution in [2.24, 2.45) is 22.7 Å². The van der Waals surface area contributed by atoms with Crippen LogP contribution in [0.25, 0.3) is 0 Å². The SMILES string of the molecule is CCCC1(C)CC2CCC(C(C)(C)C)CC2NC1=O. The summed E-state index contributed by atoms with van der Waals surface area (Å²) >= 11 is 0. The Morgan fingerprint density at radius 1 is 1.32 bits per heavy atom. The van der Waals surface area contributed by atoms with Gasteiger partial charge in [0.15, 0.2) is 0 Å². The summed E-state index contributed by atoms with van der Waals surface area (Å²) in [4.78, 5) is 12.4. The molecule has 1 N–H and O–H groups in total. The lowest BCUT2D eigenvalue weighted by Crippen LogP contribution is -2.56. The Morgan fingerprint density at radius 3 is 2.58 bits per heavy atom. The van der Waals surface area contributed by atoms with Gasteiger partial charge in [0, 0.05) is 11.5 Å². The minimum Gasteiger partial charge on any atom is -0.353 e. The Kier molecular flexibility index (Phi) is 3.99. The Hall–Kier alpha value is -0.530. The van der Waals surface area contributed by atoms with Crippen LogP contribution < -0.4 is 5.32 Å². The first-order chi connectivity index (χ1) is 8.76. The van der Waals surface area contributed by atoms with Gasteiger partial charge < -0.3 is 5.32 Å². The van der Waals surface area contributed by atoms with Crippen molar-refractivity contribution in [3.8, 4) is 0 Å². The first-order valence-corrected chi connectivity index (χ1v) is 8.07. The van der Waals surface area contributed by atoms with E-state index in [1.807, 2.05) is 0 Å². The molecule has 0 radical (unpaired) electrons. The molecule has 1 heterocycles. The smallest absolute Gasteiger partial charge is 0.226 e. The summed E-state index contributed by atoms with van der Waals surface area (Å²) in [6, 6.07) is 0.440. The summed E-state index contributed by atoms with van der Waals surface area (Å²) in [6.45, 7) is 11.4. The standard InChI is InChI=1S/C17H31NO/c1-6-9-17(5)11-12-7-8-13(16(2,3)4)10-14(12)18-15(17)19/h12-14H,6-11H2,1-5H3,(H,18,19). The van der Waals surface area contributed by atoms with Crippen LogP contribution in [0.5, 0.6) is 0 Å². The lowest BCUT2D eigenvalue weighted by atomic mass is 9.62. The molecule has 0 aromatic carbocycles. The molecule has 2 fully saturated rings. The molecule has 2 nitrogen and oxygen atoms in total. The van der Waals surface area contributed by atoms with Crippen molar-refractivity contribution in [1.29, 1.82) is 0 Å². The van der Waals surface area contributed by atoms with Gasteiger partial charge in [-0.15, -0.1) is 0 Å². The quantitative estimate of drug-likeness (QED) is 0.798. The fraction of sp³-hybridized carbons (Fsp3) is 0.941. The Labute approximate surface area is 118 Å². The molecule has 2 rings (SSSR count). The highest BCUT2D eigenvalue weighted by Gasteiger charge is 2.46. The number of piperidine rings is 1. The van der Waals surface area contributed by atoms with Gasteiger partial charge in [-0.1, -0.05) is 41.0 Å². The van der Waals surface area contributed by atoms with E-state index in [1.54, 1.807) is 0 Å². The summed E-state index contributed by atoms with van der Waals surface area (Å²) in [5.41, 5.74) is 0.268. The third-order valence-corrected chi connectivity index (χ3v) is 5.60. The second-order valence-electron chi connectivity index (χ2n) is 8.23. The van der Waals surface area contributed by atoms with Gasteiger partial charge in [0.05, 0.1) is 0 Å². The van der Waals surface area contributed by atoms with Crippen molar-refractivity contribution >= 4 is 5.91 Å². The predicted molar refractivity (Wildman–Crippen MR) is 79.8 cm³/mol. The number of amides is 1. The molecule has 0 spiro atoms. The Bertz CT molecular complexity index is 344. The molecule has 2 aliphatic rings. The molecule has 4 atom stereocenters. The molecular formula is C17H31NO. The molecule has 0 aromatic rings. The van der Waals surface area contributed by atoms with Gasteiger partial charge in [-0.25, -0.2) is 0 Å². The molecule has 110 valence electrons. The third-order valence-electron chi connectivity index (χ3n) is 5.60. The fourth-order valence-corrected chi connectivity index (χ4v) is 4.22. The van der Waals surface area contributed by atoms with Gasteiger partial charge in [-0.2, -0.15) is 0 Å². The largest absolute Gasteiger partial charge is 0.353 e. The Morgan fingerprint density at radius 2 is 2.00 bits per heavy atom. The highest BCUT2D eigenvalue weighted by atomic mass is 16.2. The summed E-state index contributed by atoms with van der Waals surface area (Å²) in [5, 5.41) is 3.36. The van der Waals surface area contributed by atoms with Gasteiger partial charge in [-0.05, 0) is 49.4 Å². The molecule has 0 aromatic heterocycles. The molecule has 19 heavy (non-hydrogen) atoms. The zero-order chi connectivity index (χ0) is 14.3. The minimum atomic E-state index is -0.107. The number of nitrogens with one attached hydrogen (secondary N) is 1. The van der Waals surface area contributed by atoms with Crippen LogP contribution in [0.15, 0.2) is 0 Å². The molecule has 4 unspecified atom stereocenters. The van der Waals surface area contributed by atoms with Crippen LogP contribution in [0.2, 0.25) is 0 Å². The van der Waals surface area contributed by atoms with E-state index in [-0.39, 0.29) is 5.41 Å². The van der Waals surface area contributed by atoms with Crippen molar-refractivity contribution in [2.75, 3.05) is 0 Å². The lowest BCUT2D eigenvalue weighted by Gasteiger charge is -2.48. The molecular weight excluding hydrogens is 234 g/mol. The maximum Gasteiger partial charge on any atom is 0.226 e. The molecule has 1 aliphatic heterocycles. The van der Waals surface area contributed by atoms with E-state index in [0.29, 0.717) is 23.3 Å². The molecule has 1 saturated carbocycles. The van der Waals surface area contributed by atoms with E-state index in [2.05, 4.69) is 39.9 Å². The van der Waals surface area contributed by atoms with Crippen LogP contribution in [0, 0.1) is 22.7 Å². The summed E-state index contributed by atoms with van der Waals surface area (Å²) < 4.78 is 0. The first-order valence-electron chi connectivity index (χ1n) is 8.07. The van der Waals surface area contributed by atoms with E-state index in [4.69, 9.17) is 0 Å². The van der Waals surface area contributed by atoms with E-state index in [9.17, 15) is 4.79 Å². The first kappa shape index (κ1) is 14.9. The maximum atomic E-state index is 12.4. The van der Waals surface area contributed by atoms with E-state index < -0.39 is 0 Å². The Balaban J connectivity index is 2.05. The zero-order valence-corrected chi connectivity index (χ0v) is 13.4. The third kappa shape index (κ3) is 2.98. The highest BCUT2D eigenvalue weighted by molar-refractivity contribution is 5.83. The molecule has 2 heteroatoms. The molecule has 0 bridgehead atoms. The zero-order valence-electron chi connectivity index (χ0n) is 13.4. The molecule has 1 amide bonds. The average molecular weight is 265 g/mol. The summed E-state index contributed by atoms with van der Waals surface area (Å²) in [6.07, 6.45) is 7.06. The van der Waals surface area contributed by atoms with Crippen molar-refractivity contribution < 1.29 is 4.79 Å². The van der Waals surface area contributed by atoms with E-state index in [0.717, 1.165) is 25.2 Å². The van der Waals surface area contributed by atoms with Gasteiger partial charge >= 0.3 is 0 Å². The second kappa shape index (κ2) is 5.10. The number of hydrogen-bond acceptors (Lipinski definition) is 1. The van der Waals surface area contributed by atoms with Gasteiger partial charge in [0.1, 0.15) is 0 Å². The minimum absolute atomic E-state index is 0.107. The number of carbonyl (C=O) groups is 1. The van der Waals surface area contributed by atoms with Crippen molar-refractivity contribution in [3.05, 3.63) is 0 Å². The lowest BCUT2D eigenvalue weighted by molar-refractivity contribution is -0.138.